The topological polar surface area (TPSA) is 103 Å². The molecule has 102 valence electrons. The van der Waals surface area contributed by atoms with Crippen molar-refractivity contribution in [3.8, 4) is 0 Å². The van der Waals surface area contributed by atoms with E-state index in [2.05, 4.69) is 14.8 Å². The second-order valence-corrected chi connectivity index (χ2v) is 5.86. The first kappa shape index (κ1) is 13.3. The van der Waals surface area contributed by atoms with Crippen LogP contribution < -0.4 is 10.5 Å². The van der Waals surface area contributed by atoms with Crippen molar-refractivity contribution in [3.05, 3.63) is 29.6 Å². The molecule has 7 nitrogen and oxygen atoms in total. The number of aromatic nitrogens is 3. The zero-order valence-electron chi connectivity index (χ0n) is 10.9. The van der Waals surface area contributed by atoms with E-state index in [0.717, 1.165) is 0 Å². The predicted molar refractivity (Wildman–Crippen MR) is 72.1 cm³/mol. The Hall–Kier alpha value is -2.09. The monoisotopic (exact) mass is 281 g/mol. The molecule has 1 aromatic carbocycles. The number of nitrogens with two attached hydrogens (primary N) is 1. The van der Waals surface area contributed by atoms with Crippen LogP contribution in [0, 0.1) is 13.8 Å². The Balaban J connectivity index is 2.52. The van der Waals surface area contributed by atoms with Crippen LogP contribution in [0.2, 0.25) is 0 Å². The highest BCUT2D eigenvalue weighted by molar-refractivity contribution is 7.92. The molecule has 2 aromatic rings. The Morgan fingerprint density at radius 2 is 2.00 bits per heavy atom. The van der Waals surface area contributed by atoms with Gasteiger partial charge in [0, 0.05) is 12.7 Å². The van der Waals surface area contributed by atoms with Gasteiger partial charge in [0.25, 0.3) is 10.0 Å². The Morgan fingerprint density at radius 3 is 2.58 bits per heavy atom. The zero-order valence-corrected chi connectivity index (χ0v) is 11.7. The summed E-state index contributed by atoms with van der Waals surface area (Å²) < 4.78 is 28.5. The summed E-state index contributed by atoms with van der Waals surface area (Å²) in [7, 11) is -2.14. The third kappa shape index (κ3) is 2.39. The van der Waals surface area contributed by atoms with Gasteiger partial charge in [0.1, 0.15) is 6.33 Å². The molecule has 0 fully saturated rings. The van der Waals surface area contributed by atoms with Crippen LogP contribution in [-0.2, 0) is 17.1 Å². The standard InChI is InChI=1S/C11H15N5O2S/c1-7-4-5-9(12)8(2)10(7)19(17,18)15-11-13-6-14-16(11)3/h4-6H,12H2,1-3H3,(H,13,14,15). The summed E-state index contributed by atoms with van der Waals surface area (Å²) in [4.78, 5) is 4.01. The van der Waals surface area contributed by atoms with Crippen LogP contribution in [0.1, 0.15) is 11.1 Å². The molecule has 8 heteroatoms. The normalized spacial score (nSPS) is 11.5. The molecule has 0 unspecified atom stereocenters. The van der Waals surface area contributed by atoms with Crippen molar-refractivity contribution >= 4 is 21.7 Å². The Labute approximate surface area is 111 Å². The summed E-state index contributed by atoms with van der Waals surface area (Å²) in [6.45, 7) is 3.39. The van der Waals surface area contributed by atoms with Gasteiger partial charge in [0.2, 0.25) is 5.95 Å². The minimum Gasteiger partial charge on any atom is -0.398 e. The first-order valence-electron chi connectivity index (χ1n) is 5.55. The molecule has 0 bridgehead atoms. The highest BCUT2D eigenvalue weighted by atomic mass is 32.2. The van der Waals surface area contributed by atoms with E-state index in [0.29, 0.717) is 16.8 Å². The van der Waals surface area contributed by atoms with Crippen molar-refractivity contribution in [2.75, 3.05) is 10.5 Å². The largest absolute Gasteiger partial charge is 0.398 e. The fraction of sp³-hybridized carbons (Fsp3) is 0.273. The number of anilines is 2. The summed E-state index contributed by atoms with van der Waals surface area (Å²) in [5.74, 6) is 0.154. The lowest BCUT2D eigenvalue weighted by Gasteiger charge is -2.13. The number of hydrogen-bond acceptors (Lipinski definition) is 5. The maximum atomic E-state index is 12.4. The van der Waals surface area contributed by atoms with E-state index in [-0.39, 0.29) is 10.8 Å². The van der Waals surface area contributed by atoms with Gasteiger partial charge in [0.05, 0.1) is 4.90 Å². The highest BCUT2D eigenvalue weighted by Crippen LogP contribution is 2.26. The summed E-state index contributed by atoms with van der Waals surface area (Å²) in [5, 5.41) is 3.81. The van der Waals surface area contributed by atoms with Crippen LogP contribution in [0.4, 0.5) is 11.6 Å². The van der Waals surface area contributed by atoms with Crippen LogP contribution in [0.25, 0.3) is 0 Å². The molecular weight excluding hydrogens is 266 g/mol. The average Bonchev–Trinajstić information content (AvgIpc) is 2.69. The fourth-order valence-electron chi connectivity index (χ4n) is 1.82. The smallest absolute Gasteiger partial charge is 0.264 e. The Bertz CT molecular complexity index is 721. The van der Waals surface area contributed by atoms with Crippen LogP contribution >= 0.6 is 0 Å². The quantitative estimate of drug-likeness (QED) is 0.811. The molecule has 0 amide bonds. The van der Waals surface area contributed by atoms with Gasteiger partial charge in [-0.25, -0.2) is 17.8 Å². The molecule has 0 aliphatic rings. The molecule has 0 saturated carbocycles. The summed E-state index contributed by atoms with van der Waals surface area (Å²) in [6.07, 6.45) is 1.27. The van der Waals surface area contributed by atoms with Crippen molar-refractivity contribution in [2.24, 2.45) is 7.05 Å². The predicted octanol–water partition coefficient (Wildman–Crippen LogP) is 0.815. The number of sulfonamides is 1. The minimum absolute atomic E-state index is 0.154. The number of nitrogen functional groups attached to an aromatic ring is 1. The average molecular weight is 281 g/mol. The van der Waals surface area contributed by atoms with E-state index in [1.807, 2.05) is 0 Å². The SMILES string of the molecule is Cc1ccc(N)c(C)c1S(=O)(=O)Nc1ncnn1C. The molecule has 19 heavy (non-hydrogen) atoms. The third-order valence-electron chi connectivity index (χ3n) is 2.85. The number of nitrogens with one attached hydrogen (secondary N) is 1. The first-order chi connectivity index (χ1) is 8.83. The summed E-state index contributed by atoms with van der Waals surface area (Å²) in [6, 6.07) is 3.36. The van der Waals surface area contributed by atoms with Crippen LogP contribution in [0.5, 0.6) is 0 Å². The number of benzene rings is 1. The molecule has 1 heterocycles. The van der Waals surface area contributed by atoms with Crippen molar-refractivity contribution in [1.82, 2.24) is 14.8 Å². The van der Waals surface area contributed by atoms with Gasteiger partial charge < -0.3 is 5.73 Å². The molecule has 0 aliphatic heterocycles. The van der Waals surface area contributed by atoms with E-state index in [9.17, 15) is 8.42 Å². The molecule has 0 atom stereocenters. The van der Waals surface area contributed by atoms with Crippen molar-refractivity contribution < 1.29 is 8.42 Å². The second-order valence-electron chi connectivity index (χ2n) is 4.24. The summed E-state index contributed by atoms with van der Waals surface area (Å²) in [5.41, 5.74) is 7.35. The molecule has 0 saturated heterocycles. The highest BCUT2D eigenvalue weighted by Gasteiger charge is 2.22. The van der Waals surface area contributed by atoms with Crippen molar-refractivity contribution in [1.29, 1.82) is 0 Å². The maximum Gasteiger partial charge on any atom is 0.264 e. The van der Waals surface area contributed by atoms with Crippen LogP contribution in [0.15, 0.2) is 23.4 Å². The number of aryl methyl sites for hydroxylation is 2. The fourth-order valence-corrected chi connectivity index (χ4v) is 3.36. The van der Waals surface area contributed by atoms with Gasteiger partial charge in [0.15, 0.2) is 0 Å². The van der Waals surface area contributed by atoms with Crippen molar-refractivity contribution in [2.45, 2.75) is 18.7 Å². The van der Waals surface area contributed by atoms with E-state index in [1.165, 1.54) is 11.0 Å². The lowest BCUT2D eigenvalue weighted by atomic mass is 10.1. The number of hydrogen-bond donors (Lipinski definition) is 2. The van der Waals surface area contributed by atoms with Gasteiger partial charge in [-0.1, -0.05) is 6.07 Å². The van der Waals surface area contributed by atoms with Gasteiger partial charge in [-0.05, 0) is 31.0 Å². The lowest BCUT2D eigenvalue weighted by molar-refractivity contribution is 0.599. The molecular formula is C11H15N5O2S. The van der Waals surface area contributed by atoms with Crippen LogP contribution in [0.3, 0.4) is 0 Å². The molecule has 0 spiro atoms. The third-order valence-corrected chi connectivity index (χ3v) is 4.47. The molecule has 0 radical (unpaired) electrons. The molecule has 3 N–H and O–H groups in total. The van der Waals surface area contributed by atoms with E-state index in [4.69, 9.17) is 5.73 Å². The molecule has 2 rings (SSSR count). The van der Waals surface area contributed by atoms with E-state index < -0.39 is 10.0 Å². The van der Waals surface area contributed by atoms with Crippen molar-refractivity contribution in [3.63, 3.8) is 0 Å². The van der Waals surface area contributed by atoms with Gasteiger partial charge in [-0.15, -0.1) is 0 Å². The Morgan fingerprint density at radius 1 is 1.32 bits per heavy atom. The zero-order chi connectivity index (χ0) is 14.2. The van der Waals surface area contributed by atoms with Crippen LogP contribution in [-0.4, -0.2) is 23.2 Å². The second kappa shape index (κ2) is 4.54. The van der Waals surface area contributed by atoms with E-state index >= 15 is 0 Å². The Kier molecular flexibility index (Phi) is 3.19. The minimum atomic E-state index is -3.74. The first-order valence-corrected chi connectivity index (χ1v) is 7.03. The van der Waals surface area contributed by atoms with E-state index in [1.54, 1.807) is 33.0 Å². The maximum absolute atomic E-state index is 12.4. The molecule has 0 aliphatic carbocycles. The number of rotatable bonds is 3. The summed E-state index contributed by atoms with van der Waals surface area (Å²) >= 11 is 0. The number of nitrogens with zero attached hydrogens (tertiary/aromatic N) is 3. The van der Waals surface area contributed by atoms with Gasteiger partial charge in [-0.3, -0.25) is 0 Å². The van der Waals surface area contributed by atoms with Gasteiger partial charge >= 0.3 is 0 Å². The lowest BCUT2D eigenvalue weighted by Crippen LogP contribution is -2.18. The van der Waals surface area contributed by atoms with Gasteiger partial charge in [-0.2, -0.15) is 10.1 Å². The molecule has 1 aromatic heterocycles.